The molecule has 0 aliphatic rings. The van der Waals surface area contributed by atoms with Gasteiger partial charge in [0.15, 0.2) is 5.82 Å². The number of nitrogen functional groups attached to an aromatic ring is 1. The van der Waals surface area contributed by atoms with Gasteiger partial charge in [0.2, 0.25) is 0 Å². The fourth-order valence-corrected chi connectivity index (χ4v) is 3.39. The van der Waals surface area contributed by atoms with E-state index in [1.54, 1.807) is 0 Å². The second-order valence-electron chi connectivity index (χ2n) is 8.03. The van der Waals surface area contributed by atoms with Crippen LogP contribution in [-0.4, -0.2) is 44.8 Å². The quantitative estimate of drug-likeness (QED) is 0.594. The van der Waals surface area contributed by atoms with Crippen molar-refractivity contribution in [3.05, 3.63) is 41.2 Å². The zero-order valence-electron chi connectivity index (χ0n) is 18.1. The van der Waals surface area contributed by atoms with Crippen LogP contribution in [-0.2, 0) is 19.5 Å². The van der Waals surface area contributed by atoms with E-state index in [-0.39, 0.29) is 6.10 Å². The molecule has 7 nitrogen and oxygen atoms in total. The van der Waals surface area contributed by atoms with Crippen LogP contribution in [0.1, 0.15) is 50.6 Å². The smallest absolute Gasteiger partial charge is 0.260 e. The van der Waals surface area contributed by atoms with Gasteiger partial charge >= 0.3 is 0 Å². The normalized spacial score (nSPS) is 11.7. The van der Waals surface area contributed by atoms with Crippen molar-refractivity contribution in [3.8, 4) is 5.88 Å². The topological polar surface area (TPSA) is 82.1 Å². The molecule has 0 aliphatic heterocycles. The van der Waals surface area contributed by atoms with E-state index in [1.165, 1.54) is 11.1 Å². The Balaban J connectivity index is 2.04. The molecule has 2 aromatic heterocycles. The van der Waals surface area contributed by atoms with Crippen LogP contribution in [0.15, 0.2) is 24.3 Å². The van der Waals surface area contributed by atoms with Crippen molar-refractivity contribution in [2.45, 2.75) is 59.2 Å². The van der Waals surface area contributed by atoms with Gasteiger partial charge in [-0.15, -0.1) is 10.2 Å². The van der Waals surface area contributed by atoms with E-state index in [2.05, 4.69) is 64.9 Å². The Labute approximate surface area is 172 Å². The van der Waals surface area contributed by atoms with Gasteiger partial charge in [-0.1, -0.05) is 37.6 Å². The minimum atomic E-state index is -0.0103. The molecule has 0 bridgehead atoms. The average Bonchev–Trinajstić information content (AvgIpc) is 3.02. The summed E-state index contributed by atoms with van der Waals surface area (Å²) in [6.07, 6.45) is 3.03. The number of benzene rings is 1. The second-order valence-corrected chi connectivity index (χ2v) is 8.03. The number of nitrogens with two attached hydrogens (primary N) is 1. The maximum absolute atomic E-state index is 6.12. The highest BCUT2D eigenvalue weighted by Gasteiger charge is 2.20. The van der Waals surface area contributed by atoms with Crippen LogP contribution in [0.4, 0.5) is 5.82 Å². The molecule has 0 saturated heterocycles. The molecule has 0 saturated carbocycles. The lowest BCUT2D eigenvalue weighted by molar-refractivity contribution is 0.232. The molecule has 3 aromatic rings. The van der Waals surface area contributed by atoms with Gasteiger partial charge in [0, 0.05) is 19.5 Å². The Hall–Kier alpha value is -2.67. The van der Waals surface area contributed by atoms with E-state index in [0.717, 1.165) is 37.1 Å². The van der Waals surface area contributed by atoms with E-state index in [9.17, 15) is 0 Å². The highest BCUT2D eigenvalue weighted by Crippen LogP contribution is 2.29. The molecule has 0 unspecified atom stereocenters. The Morgan fingerprint density at radius 3 is 2.41 bits per heavy atom. The number of imidazole rings is 1. The maximum Gasteiger partial charge on any atom is 0.260 e. The summed E-state index contributed by atoms with van der Waals surface area (Å²) in [5.41, 5.74) is 10.1. The van der Waals surface area contributed by atoms with E-state index < -0.39 is 0 Å². The van der Waals surface area contributed by atoms with Gasteiger partial charge in [0.05, 0.1) is 6.10 Å². The Morgan fingerprint density at radius 2 is 1.79 bits per heavy atom. The molecule has 0 amide bonds. The number of hydrogen-bond donors (Lipinski definition) is 1. The van der Waals surface area contributed by atoms with Crippen molar-refractivity contribution in [1.82, 2.24) is 24.6 Å². The minimum Gasteiger partial charge on any atom is -0.472 e. The van der Waals surface area contributed by atoms with Gasteiger partial charge in [0.1, 0.15) is 16.9 Å². The van der Waals surface area contributed by atoms with Gasteiger partial charge in [0.25, 0.3) is 5.88 Å². The summed E-state index contributed by atoms with van der Waals surface area (Å²) in [5.74, 6) is 1.83. The summed E-state index contributed by atoms with van der Waals surface area (Å²) in [7, 11) is 4.15. The van der Waals surface area contributed by atoms with Gasteiger partial charge in [-0.3, -0.25) is 0 Å². The molecule has 0 radical (unpaired) electrons. The molecule has 156 valence electrons. The standard InChI is InChI=1S/C22H32N6O/c1-6-7-8-18-24-19-20(22(29-15(2)3)26-25-21(19)23)28(18)14-17-11-9-16(10-12-17)13-27(4)5/h9-12,15H,6-8,13-14H2,1-5H3,(H2,23,25). The lowest BCUT2D eigenvalue weighted by Crippen LogP contribution is -2.12. The minimum absolute atomic E-state index is 0.0103. The van der Waals surface area contributed by atoms with Crippen LogP contribution in [0.5, 0.6) is 5.88 Å². The number of anilines is 1. The fourth-order valence-electron chi connectivity index (χ4n) is 3.39. The molecule has 0 spiro atoms. The number of ether oxygens (including phenoxy) is 1. The van der Waals surface area contributed by atoms with Crippen molar-refractivity contribution >= 4 is 16.9 Å². The molecule has 2 N–H and O–H groups in total. The van der Waals surface area contributed by atoms with E-state index in [4.69, 9.17) is 15.5 Å². The van der Waals surface area contributed by atoms with Crippen molar-refractivity contribution in [2.24, 2.45) is 0 Å². The molecule has 2 heterocycles. The molecule has 0 aliphatic carbocycles. The predicted octanol–water partition coefficient (Wildman–Crippen LogP) is 3.65. The Bertz CT molecular complexity index is 946. The SMILES string of the molecule is CCCCc1nc2c(N)nnc(OC(C)C)c2n1Cc1ccc(CN(C)C)cc1. The van der Waals surface area contributed by atoms with Crippen molar-refractivity contribution in [2.75, 3.05) is 19.8 Å². The van der Waals surface area contributed by atoms with E-state index >= 15 is 0 Å². The summed E-state index contributed by atoms with van der Waals surface area (Å²) in [6, 6.07) is 8.71. The molecule has 29 heavy (non-hydrogen) atoms. The first-order valence-corrected chi connectivity index (χ1v) is 10.3. The number of fused-ring (bicyclic) bond motifs is 1. The lowest BCUT2D eigenvalue weighted by atomic mass is 10.1. The monoisotopic (exact) mass is 396 g/mol. The number of unbranched alkanes of at least 4 members (excludes halogenated alkanes) is 1. The van der Waals surface area contributed by atoms with Gasteiger partial charge in [-0.2, -0.15) is 0 Å². The first-order chi connectivity index (χ1) is 13.9. The second kappa shape index (κ2) is 9.22. The van der Waals surface area contributed by atoms with Gasteiger partial charge in [-0.25, -0.2) is 4.98 Å². The van der Waals surface area contributed by atoms with Crippen molar-refractivity contribution in [1.29, 1.82) is 0 Å². The highest BCUT2D eigenvalue weighted by molar-refractivity contribution is 5.88. The van der Waals surface area contributed by atoms with Crippen molar-refractivity contribution < 1.29 is 4.74 Å². The third-order valence-corrected chi connectivity index (χ3v) is 4.70. The summed E-state index contributed by atoms with van der Waals surface area (Å²) < 4.78 is 8.14. The number of hydrogen-bond acceptors (Lipinski definition) is 6. The molecule has 0 fully saturated rings. The van der Waals surface area contributed by atoms with E-state index in [1.807, 2.05) is 13.8 Å². The van der Waals surface area contributed by atoms with Crippen LogP contribution in [0.2, 0.25) is 0 Å². The largest absolute Gasteiger partial charge is 0.472 e. The maximum atomic E-state index is 6.12. The van der Waals surface area contributed by atoms with Crippen LogP contribution in [0.25, 0.3) is 11.0 Å². The van der Waals surface area contributed by atoms with Crippen molar-refractivity contribution in [3.63, 3.8) is 0 Å². The number of nitrogens with zero attached hydrogens (tertiary/aromatic N) is 5. The third-order valence-electron chi connectivity index (χ3n) is 4.70. The fraction of sp³-hybridized carbons (Fsp3) is 0.500. The van der Waals surface area contributed by atoms with Crippen LogP contribution >= 0.6 is 0 Å². The number of aromatic nitrogens is 4. The molecule has 0 atom stereocenters. The average molecular weight is 397 g/mol. The Morgan fingerprint density at radius 1 is 1.10 bits per heavy atom. The number of aryl methyl sites for hydroxylation is 1. The van der Waals surface area contributed by atoms with Crippen LogP contribution in [0.3, 0.4) is 0 Å². The molecule has 1 aromatic carbocycles. The summed E-state index contributed by atoms with van der Waals surface area (Å²) in [6.45, 7) is 7.76. The molecular weight excluding hydrogens is 364 g/mol. The van der Waals surface area contributed by atoms with Crippen LogP contribution < -0.4 is 10.5 Å². The van der Waals surface area contributed by atoms with Gasteiger partial charge in [-0.05, 0) is 45.5 Å². The first kappa shape index (κ1) is 21.0. The zero-order chi connectivity index (χ0) is 21.0. The van der Waals surface area contributed by atoms with E-state index in [0.29, 0.717) is 23.8 Å². The predicted molar refractivity (Wildman–Crippen MR) is 117 cm³/mol. The third kappa shape index (κ3) is 5.03. The lowest BCUT2D eigenvalue weighted by Gasteiger charge is -2.14. The Kier molecular flexibility index (Phi) is 6.69. The molecule has 7 heteroatoms. The zero-order valence-corrected chi connectivity index (χ0v) is 18.1. The summed E-state index contributed by atoms with van der Waals surface area (Å²) in [5, 5.41) is 8.29. The molecule has 3 rings (SSSR count). The molecular formula is C22H32N6O. The summed E-state index contributed by atoms with van der Waals surface area (Å²) in [4.78, 5) is 6.98. The van der Waals surface area contributed by atoms with Gasteiger partial charge < -0.3 is 19.9 Å². The summed E-state index contributed by atoms with van der Waals surface area (Å²) >= 11 is 0. The number of rotatable bonds is 9. The highest BCUT2D eigenvalue weighted by atomic mass is 16.5. The van der Waals surface area contributed by atoms with Crippen LogP contribution in [0, 0.1) is 0 Å². The first-order valence-electron chi connectivity index (χ1n) is 10.3.